The van der Waals surface area contributed by atoms with Crippen molar-refractivity contribution in [2.24, 2.45) is 5.73 Å². The van der Waals surface area contributed by atoms with E-state index >= 15 is 0 Å². The maximum Gasteiger partial charge on any atom is 0.244 e. The smallest absolute Gasteiger partial charge is 0.244 e. The summed E-state index contributed by atoms with van der Waals surface area (Å²) < 4.78 is 0. The minimum atomic E-state index is -0.599. The molecule has 1 amide bonds. The third-order valence-electron chi connectivity index (χ3n) is 2.59. The van der Waals surface area contributed by atoms with Gasteiger partial charge in [0.05, 0.1) is 5.54 Å². The molecule has 1 aliphatic rings. The van der Waals surface area contributed by atoms with Gasteiger partial charge >= 0.3 is 0 Å². The topological polar surface area (TPSA) is 55.1 Å². The highest BCUT2D eigenvalue weighted by molar-refractivity contribution is 7.98. The highest BCUT2D eigenvalue weighted by Crippen LogP contribution is 2.33. The highest BCUT2D eigenvalue weighted by atomic mass is 35.5. The van der Waals surface area contributed by atoms with Crippen molar-refractivity contribution < 1.29 is 4.79 Å². The molecule has 0 radical (unpaired) electrons. The number of anilines is 1. The summed E-state index contributed by atoms with van der Waals surface area (Å²) >= 11 is 1.68. The minimum absolute atomic E-state index is 0. The van der Waals surface area contributed by atoms with E-state index in [2.05, 4.69) is 5.32 Å². The van der Waals surface area contributed by atoms with E-state index < -0.39 is 5.54 Å². The third kappa shape index (κ3) is 2.90. The molecule has 0 spiro atoms. The Morgan fingerprint density at radius 1 is 1.38 bits per heavy atom. The molecule has 0 heterocycles. The first-order chi connectivity index (χ1) is 7.14. The molecule has 0 bridgehead atoms. The van der Waals surface area contributed by atoms with Gasteiger partial charge in [0.2, 0.25) is 5.91 Å². The SMILES string of the molecule is CSc1ccc(NC(=O)C2(N)CC2)cc1.Cl. The van der Waals surface area contributed by atoms with Crippen molar-refractivity contribution in [2.45, 2.75) is 23.3 Å². The number of hydrogen-bond acceptors (Lipinski definition) is 3. The van der Waals surface area contributed by atoms with Crippen LogP contribution in [0.1, 0.15) is 12.8 Å². The van der Waals surface area contributed by atoms with Crippen molar-refractivity contribution in [3.8, 4) is 0 Å². The molecular formula is C11H15ClN2OS. The van der Waals surface area contributed by atoms with Crippen LogP contribution in [0.4, 0.5) is 5.69 Å². The number of nitrogens with two attached hydrogens (primary N) is 1. The largest absolute Gasteiger partial charge is 0.324 e. The van der Waals surface area contributed by atoms with Crippen LogP contribution in [0.15, 0.2) is 29.2 Å². The average Bonchev–Trinajstić information content (AvgIpc) is 2.99. The lowest BCUT2D eigenvalue weighted by Crippen LogP contribution is -2.37. The normalized spacial score (nSPS) is 16.1. The molecule has 5 heteroatoms. The monoisotopic (exact) mass is 258 g/mol. The molecule has 0 unspecified atom stereocenters. The molecule has 88 valence electrons. The molecule has 1 aliphatic carbocycles. The Labute approximate surface area is 106 Å². The summed E-state index contributed by atoms with van der Waals surface area (Å²) in [5.41, 5.74) is 5.99. The van der Waals surface area contributed by atoms with Gasteiger partial charge in [-0.15, -0.1) is 24.2 Å². The van der Waals surface area contributed by atoms with Gasteiger partial charge in [-0.05, 0) is 43.4 Å². The van der Waals surface area contributed by atoms with Crippen LogP contribution in [0.3, 0.4) is 0 Å². The predicted molar refractivity (Wildman–Crippen MR) is 70.3 cm³/mol. The second kappa shape index (κ2) is 5.08. The van der Waals surface area contributed by atoms with E-state index in [0.29, 0.717) is 0 Å². The molecule has 1 aromatic rings. The second-order valence-electron chi connectivity index (χ2n) is 3.84. The standard InChI is InChI=1S/C11H14N2OS.ClH/c1-15-9-4-2-8(3-5-9)13-10(14)11(12)6-7-11;/h2-5H,6-7,12H2,1H3,(H,13,14);1H. The third-order valence-corrected chi connectivity index (χ3v) is 3.33. The van der Waals surface area contributed by atoms with Gasteiger partial charge in [-0.2, -0.15) is 0 Å². The number of amides is 1. The van der Waals surface area contributed by atoms with Crippen molar-refractivity contribution in [1.29, 1.82) is 0 Å². The van der Waals surface area contributed by atoms with Crippen LogP contribution in [0.5, 0.6) is 0 Å². The number of thioether (sulfide) groups is 1. The lowest BCUT2D eigenvalue weighted by atomic mass is 10.2. The molecule has 2 rings (SSSR count). The van der Waals surface area contributed by atoms with Crippen LogP contribution in [0, 0.1) is 0 Å². The predicted octanol–water partition coefficient (Wildman–Crippen LogP) is 2.26. The van der Waals surface area contributed by atoms with Gasteiger partial charge in [0.15, 0.2) is 0 Å². The number of carbonyl (C=O) groups excluding carboxylic acids is 1. The molecule has 1 saturated carbocycles. The molecule has 3 N–H and O–H groups in total. The molecule has 0 atom stereocenters. The highest BCUT2D eigenvalue weighted by Gasteiger charge is 2.45. The van der Waals surface area contributed by atoms with Gasteiger partial charge in [-0.1, -0.05) is 0 Å². The van der Waals surface area contributed by atoms with Gasteiger partial charge < -0.3 is 11.1 Å². The van der Waals surface area contributed by atoms with Crippen LogP contribution in [0.25, 0.3) is 0 Å². The van der Waals surface area contributed by atoms with E-state index in [1.165, 1.54) is 4.90 Å². The van der Waals surface area contributed by atoms with Crippen LogP contribution in [-0.4, -0.2) is 17.7 Å². The Morgan fingerprint density at radius 3 is 2.38 bits per heavy atom. The summed E-state index contributed by atoms with van der Waals surface area (Å²) in [7, 11) is 0. The van der Waals surface area contributed by atoms with Crippen molar-refractivity contribution in [1.82, 2.24) is 0 Å². The van der Waals surface area contributed by atoms with Gasteiger partial charge in [-0.25, -0.2) is 0 Å². The minimum Gasteiger partial charge on any atom is -0.324 e. The average molecular weight is 259 g/mol. The summed E-state index contributed by atoms with van der Waals surface area (Å²) in [5, 5.41) is 2.82. The van der Waals surface area contributed by atoms with Crippen molar-refractivity contribution in [3.05, 3.63) is 24.3 Å². The molecule has 16 heavy (non-hydrogen) atoms. The maximum atomic E-state index is 11.6. The molecule has 1 fully saturated rings. The number of benzene rings is 1. The van der Waals surface area contributed by atoms with E-state index in [1.807, 2.05) is 30.5 Å². The zero-order valence-electron chi connectivity index (χ0n) is 9.03. The van der Waals surface area contributed by atoms with Crippen LogP contribution in [-0.2, 0) is 4.79 Å². The molecule has 0 aliphatic heterocycles. The Balaban J connectivity index is 0.00000128. The van der Waals surface area contributed by atoms with E-state index in [1.54, 1.807) is 11.8 Å². The first-order valence-corrected chi connectivity index (χ1v) is 6.11. The fraction of sp³-hybridized carbons (Fsp3) is 0.364. The Morgan fingerprint density at radius 2 is 1.94 bits per heavy atom. The Hall–Kier alpha value is -0.710. The van der Waals surface area contributed by atoms with Gasteiger partial charge in [-0.3, -0.25) is 4.79 Å². The first-order valence-electron chi connectivity index (χ1n) is 4.88. The molecule has 0 saturated heterocycles. The van der Waals surface area contributed by atoms with Crippen molar-refractivity contribution >= 4 is 35.8 Å². The zero-order chi connectivity index (χ0) is 10.9. The molecule has 3 nitrogen and oxygen atoms in total. The Bertz CT molecular complexity index is 376. The summed E-state index contributed by atoms with van der Waals surface area (Å²) in [4.78, 5) is 12.8. The van der Waals surface area contributed by atoms with Gasteiger partial charge in [0.25, 0.3) is 0 Å². The number of carbonyl (C=O) groups is 1. The first kappa shape index (κ1) is 13.4. The van der Waals surface area contributed by atoms with E-state index in [0.717, 1.165) is 18.5 Å². The fourth-order valence-corrected chi connectivity index (χ4v) is 1.70. The van der Waals surface area contributed by atoms with Crippen LogP contribution >= 0.6 is 24.2 Å². The van der Waals surface area contributed by atoms with E-state index in [9.17, 15) is 4.79 Å². The summed E-state index contributed by atoms with van der Waals surface area (Å²) in [6, 6.07) is 7.76. The maximum absolute atomic E-state index is 11.6. The van der Waals surface area contributed by atoms with Crippen molar-refractivity contribution in [3.63, 3.8) is 0 Å². The molecular weight excluding hydrogens is 244 g/mol. The zero-order valence-corrected chi connectivity index (χ0v) is 10.7. The van der Waals surface area contributed by atoms with Crippen molar-refractivity contribution in [2.75, 3.05) is 11.6 Å². The lowest BCUT2D eigenvalue weighted by molar-refractivity contribution is -0.118. The van der Waals surface area contributed by atoms with E-state index in [-0.39, 0.29) is 18.3 Å². The molecule has 1 aromatic carbocycles. The fourth-order valence-electron chi connectivity index (χ4n) is 1.29. The summed E-state index contributed by atoms with van der Waals surface area (Å²) in [6.45, 7) is 0. The van der Waals surface area contributed by atoms with E-state index in [4.69, 9.17) is 5.73 Å². The van der Waals surface area contributed by atoms with Gasteiger partial charge in [0, 0.05) is 10.6 Å². The lowest BCUT2D eigenvalue weighted by Gasteiger charge is -2.10. The van der Waals surface area contributed by atoms with Crippen LogP contribution in [0.2, 0.25) is 0 Å². The summed E-state index contributed by atoms with van der Waals surface area (Å²) in [5.74, 6) is -0.0700. The van der Waals surface area contributed by atoms with Crippen LogP contribution < -0.4 is 11.1 Å². The number of rotatable bonds is 3. The Kier molecular flexibility index (Phi) is 4.24. The second-order valence-corrected chi connectivity index (χ2v) is 4.72. The number of hydrogen-bond donors (Lipinski definition) is 2. The summed E-state index contributed by atoms with van der Waals surface area (Å²) in [6.07, 6.45) is 3.61. The quantitative estimate of drug-likeness (QED) is 0.818. The number of halogens is 1. The number of nitrogens with one attached hydrogen (secondary N) is 1. The molecule has 0 aromatic heterocycles. The van der Waals surface area contributed by atoms with Gasteiger partial charge in [0.1, 0.15) is 0 Å².